The van der Waals surface area contributed by atoms with E-state index in [4.69, 9.17) is 9.47 Å². The third-order valence-electron chi connectivity index (χ3n) is 6.30. The molecule has 2 amide bonds. The van der Waals surface area contributed by atoms with Gasteiger partial charge < -0.3 is 19.3 Å². The largest absolute Gasteiger partial charge is 0.491 e. The molecule has 0 radical (unpaired) electrons. The summed E-state index contributed by atoms with van der Waals surface area (Å²) < 4.78 is 11.5. The summed E-state index contributed by atoms with van der Waals surface area (Å²) in [6, 6.07) is 13.0. The Labute approximate surface area is 200 Å². The second-order valence-electron chi connectivity index (χ2n) is 8.76. The van der Waals surface area contributed by atoms with E-state index in [1.807, 2.05) is 11.0 Å². The maximum atomic E-state index is 12.8. The summed E-state index contributed by atoms with van der Waals surface area (Å²) in [5.74, 6) is 1.36. The number of ether oxygens (including phenoxy) is 2. The summed E-state index contributed by atoms with van der Waals surface area (Å²) >= 11 is 0. The van der Waals surface area contributed by atoms with Crippen molar-refractivity contribution in [3.63, 3.8) is 0 Å². The molecule has 8 nitrogen and oxygen atoms in total. The minimum absolute atomic E-state index is 0.0106. The summed E-state index contributed by atoms with van der Waals surface area (Å²) in [6.07, 6.45) is 0. The molecule has 0 saturated carbocycles. The first-order valence-electron chi connectivity index (χ1n) is 11.6. The quantitative estimate of drug-likeness (QED) is 0.610. The maximum absolute atomic E-state index is 12.8. The molecule has 8 heteroatoms. The molecule has 2 aromatic carbocycles. The van der Waals surface area contributed by atoms with Gasteiger partial charge in [0.05, 0.1) is 6.54 Å². The number of amides is 2. The van der Waals surface area contributed by atoms with Crippen molar-refractivity contribution in [3.05, 3.63) is 59.2 Å². The Morgan fingerprint density at radius 3 is 2.32 bits per heavy atom. The highest BCUT2D eigenvalue weighted by atomic mass is 16.5. The zero-order valence-corrected chi connectivity index (χ0v) is 19.8. The van der Waals surface area contributed by atoms with Crippen LogP contribution in [0, 0.1) is 0 Å². The summed E-state index contributed by atoms with van der Waals surface area (Å²) in [4.78, 5) is 41.8. The Kier molecular flexibility index (Phi) is 7.47. The van der Waals surface area contributed by atoms with Crippen LogP contribution in [-0.2, 0) is 22.7 Å². The first-order valence-corrected chi connectivity index (χ1v) is 11.6. The van der Waals surface area contributed by atoms with Crippen LogP contribution in [0.4, 0.5) is 0 Å². The Hall–Kier alpha value is -3.39. The van der Waals surface area contributed by atoms with Crippen LogP contribution in [0.15, 0.2) is 42.5 Å². The molecular formula is C26H31N3O5. The minimum atomic E-state index is -0.113. The van der Waals surface area contributed by atoms with Gasteiger partial charge in [-0.3, -0.25) is 19.3 Å². The number of rotatable bonds is 6. The third kappa shape index (κ3) is 5.94. The lowest BCUT2D eigenvalue weighted by atomic mass is 10.1. The highest BCUT2D eigenvalue weighted by molar-refractivity contribution is 5.94. The van der Waals surface area contributed by atoms with Crippen LogP contribution in [0.2, 0.25) is 0 Å². The van der Waals surface area contributed by atoms with E-state index in [9.17, 15) is 14.4 Å². The molecule has 0 bridgehead atoms. The maximum Gasteiger partial charge on any atom is 0.260 e. The fourth-order valence-electron chi connectivity index (χ4n) is 4.26. The molecule has 1 saturated heterocycles. The number of piperazine rings is 1. The van der Waals surface area contributed by atoms with Gasteiger partial charge in [-0.1, -0.05) is 6.07 Å². The Balaban J connectivity index is 1.34. The van der Waals surface area contributed by atoms with Crippen LogP contribution in [0.5, 0.6) is 11.5 Å². The highest BCUT2D eigenvalue weighted by Crippen LogP contribution is 2.25. The second-order valence-corrected chi connectivity index (χ2v) is 8.76. The lowest BCUT2D eigenvalue weighted by Gasteiger charge is -2.34. The van der Waals surface area contributed by atoms with E-state index in [2.05, 4.69) is 17.0 Å². The lowest BCUT2D eigenvalue weighted by molar-refractivity contribution is -0.134. The fraction of sp³-hybridized carbons (Fsp3) is 0.423. The molecule has 2 heterocycles. The number of benzene rings is 2. The van der Waals surface area contributed by atoms with E-state index in [0.29, 0.717) is 31.0 Å². The van der Waals surface area contributed by atoms with Gasteiger partial charge in [0.1, 0.15) is 18.1 Å². The van der Waals surface area contributed by atoms with Gasteiger partial charge in [0.25, 0.3) is 5.91 Å². The van der Waals surface area contributed by atoms with Crippen LogP contribution in [0.25, 0.3) is 0 Å². The molecular weight excluding hydrogens is 434 g/mol. The molecule has 0 atom stereocenters. The number of carbonyl (C=O) groups excluding carboxylic acids is 3. The number of hydrogen-bond acceptors (Lipinski definition) is 6. The van der Waals surface area contributed by atoms with Gasteiger partial charge in [-0.2, -0.15) is 0 Å². The van der Waals surface area contributed by atoms with Crippen molar-refractivity contribution in [3.8, 4) is 11.5 Å². The van der Waals surface area contributed by atoms with Gasteiger partial charge in [-0.05, 0) is 48.9 Å². The van der Waals surface area contributed by atoms with E-state index in [1.165, 1.54) is 6.92 Å². The molecule has 0 unspecified atom stereocenters. The number of Topliss-reactive ketones (excluding diaryl/α,β-unsaturated/α-hetero) is 1. The Bertz CT molecular complexity index is 1040. The lowest BCUT2D eigenvalue weighted by Crippen LogP contribution is -2.47. The number of fused-ring (bicyclic) bond motifs is 1. The molecule has 0 aliphatic carbocycles. The number of carbonyl (C=O) groups is 3. The molecule has 34 heavy (non-hydrogen) atoms. The van der Waals surface area contributed by atoms with Gasteiger partial charge in [0, 0.05) is 57.3 Å². The molecule has 0 N–H and O–H groups in total. The fourth-order valence-corrected chi connectivity index (χ4v) is 4.26. The highest BCUT2D eigenvalue weighted by Gasteiger charge is 2.22. The van der Waals surface area contributed by atoms with E-state index in [0.717, 1.165) is 49.6 Å². The van der Waals surface area contributed by atoms with Crippen molar-refractivity contribution in [2.45, 2.75) is 26.9 Å². The summed E-state index contributed by atoms with van der Waals surface area (Å²) in [6.45, 7) is 8.44. The van der Waals surface area contributed by atoms with Gasteiger partial charge in [0.15, 0.2) is 12.4 Å². The van der Waals surface area contributed by atoms with Crippen molar-refractivity contribution < 1.29 is 23.9 Å². The van der Waals surface area contributed by atoms with E-state index >= 15 is 0 Å². The standard InChI is InChI=1S/C26H31N3O5/c1-19(30)22-4-6-24(7-5-22)34-18-26(32)29-13-14-33-25-8-3-21(15-23(25)17-29)16-27-9-11-28(12-10-27)20(2)31/h3-8,15H,9-14,16-18H2,1-2H3. The first kappa shape index (κ1) is 23.8. The summed E-state index contributed by atoms with van der Waals surface area (Å²) in [5.41, 5.74) is 2.75. The van der Waals surface area contributed by atoms with E-state index < -0.39 is 0 Å². The summed E-state index contributed by atoms with van der Waals surface area (Å²) in [7, 11) is 0. The van der Waals surface area contributed by atoms with Crippen LogP contribution in [0.3, 0.4) is 0 Å². The van der Waals surface area contributed by atoms with Crippen molar-refractivity contribution >= 4 is 17.6 Å². The van der Waals surface area contributed by atoms with E-state index in [1.54, 1.807) is 36.1 Å². The van der Waals surface area contributed by atoms with Crippen LogP contribution in [0.1, 0.15) is 35.3 Å². The molecule has 0 spiro atoms. The zero-order valence-electron chi connectivity index (χ0n) is 19.8. The predicted molar refractivity (Wildman–Crippen MR) is 127 cm³/mol. The topological polar surface area (TPSA) is 79.4 Å². The second kappa shape index (κ2) is 10.7. The average molecular weight is 466 g/mol. The smallest absolute Gasteiger partial charge is 0.260 e. The average Bonchev–Trinajstić information content (AvgIpc) is 3.05. The van der Waals surface area contributed by atoms with Crippen molar-refractivity contribution in [1.29, 1.82) is 0 Å². The zero-order chi connectivity index (χ0) is 24.1. The monoisotopic (exact) mass is 465 g/mol. The minimum Gasteiger partial charge on any atom is -0.491 e. The number of ketones is 1. The molecule has 2 aliphatic heterocycles. The predicted octanol–water partition coefficient (Wildman–Crippen LogP) is 2.35. The molecule has 0 aromatic heterocycles. The van der Waals surface area contributed by atoms with E-state index in [-0.39, 0.29) is 24.2 Å². The van der Waals surface area contributed by atoms with Gasteiger partial charge >= 0.3 is 0 Å². The van der Waals surface area contributed by atoms with Crippen LogP contribution in [-0.4, -0.2) is 78.2 Å². The third-order valence-corrected chi connectivity index (χ3v) is 6.30. The van der Waals surface area contributed by atoms with Crippen LogP contribution >= 0.6 is 0 Å². The number of nitrogens with zero attached hydrogens (tertiary/aromatic N) is 3. The van der Waals surface area contributed by atoms with Gasteiger partial charge in [0.2, 0.25) is 5.91 Å². The Morgan fingerprint density at radius 1 is 0.912 bits per heavy atom. The first-order chi connectivity index (χ1) is 16.4. The molecule has 1 fully saturated rings. The SMILES string of the molecule is CC(=O)c1ccc(OCC(=O)N2CCOc3ccc(CN4CCN(C(C)=O)CC4)cc3C2)cc1. The van der Waals surface area contributed by atoms with Gasteiger partial charge in [-0.25, -0.2) is 0 Å². The van der Waals surface area contributed by atoms with Crippen molar-refractivity contribution in [1.82, 2.24) is 14.7 Å². The normalized spacial score (nSPS) is 16.3. The van der Waals surface area contributed by atoms with Crippen LogP contribution < -0.4 is 9.47 Å². The molecule has 2 aromatic rings. The number of hydrogen-bond donors (Lipinski definition) is 0. The molecule has 180 valence electrons. The summed E-state index contributed by atoms with van der Waals surface area (Å²) in [5, 5.41) is 0. The Morgan fingerprint density at radius 2 is 1.65 bits per heavy atom. The van der Waals surface area contributed by atoms with Gasteiger partial charge in [-0.15, -0.1) is 0 Å². The molecule has 2 aliphatic rings. The molecule has 4 rings (SSSR count). The van der Waals surface area contributed by atoms with Crippen molar-refractivity contribution in [2.24, 2.45) is 0 Å². The van der Waals surface area contributed by atoms with Crippen molar-refractivity contribution in [2.75, 3.05) is 45.9 Å².